The van der Waals surface area contributed by atoms with Gasteiger partial charge in [-0.2, -0.15) is 0 Å². The topological polar surface area (TPSA) is 109 Å². The predicted molar refractivity (Wildman–Crippen MR) is 118 cm³/mol. The Labute approximate surface area is 179 Å². The molecule has 0 aliphatic carbocycles. The van der Waals surface area contributed by atoms with Crippen LogP contribution in [0.25, 0.3) is 11.0 Å². The minimum atomic E-state index is -0.432. The van der Waals surface area contributed by atoms with Gasteiger partial charge in [0.2, 0.25) is 0 Å². The number of ether oxygens (including phenoxy) is 2. The Kier molecular flexibility index (Phi) is 6.01. The molecule has 0 saturated carbocycles. The highest BCUT2D eigenvalue weighted by atomic mass is 16.5. The van der Waals surface area contributed by atoms with Crippen LogP contribution in [0.4, 0.5) is 11.5 Å². The van der Waals surface area contributed by atoms with Crippen LogP contribution in [0.5, 0.6) is 11.5 Å². The van der Waals surface area contributed by atoms with Gasteiger partial charge >= 0.3 is 0 Å². The lowest BCUT2D eigenvalue weighted by atomic mass is 10.1. The first kappa shape index (κ1) is 20.6. The molecule has 4 rings (SSSR count). The van der Waals surface area contributed by atoms with Crippen LogP contribution in [0.2, 0.25) is 0 Å². The van der Waals surface area contributed by atoms with Crippen LogP contribution in [0, 0.1) is 0 Å². The maximum atomic E-state index is 12.8. The normalized spacial score (nSPS) is 14.2. The van der Waals surface area contributed by atoms with Crippen LogP contribution in [0.3, 0.4) is 0 Å². The van der Waals surface area contributed by atoms with Crippen LogP contribution in [-0.4, -0.2) is 48.2 Å². The molecule has 0 atom stereocenters. The highest BCUT2D eigenvalue weighted by Crippen LogP contribution is 2.28. The van der Waals surface area contributed by atoms with Crippen molar-refractivity contribution in [2.75, 3.05) is 37.5 Å². The van der Waals surface area contributed by atoms with Gasteiger partial charge in [-0.05, 0) is 37.1 Å². The number of aromatic amines is 1. The summed E-state index contributed by atoms with van der Waals surface area (Å²) in [5, 5.41) is 3.40. The van der Waals surface area contributed by atoms with E-state index in [2.05, 4.69) is 25.2 Å². The number of rotatable bonds is 5. The van der Waals surface area contributed by atoms with E-state index in [9.17, 15) is 9.59 Å². The summed E-state index contributed by atoms with van der Waals surface area (Å²) in [7, 11) is 3.02. The molecular formula is C22H25N5O4. The summed E-state index contributed by atoms with van der Waals surface area (Å²) in [5.41, 5.74) is 0.498. The lowest BCUT2D eigenvalue weighted by Crippen LogP contribution is -2.26. The molecule has 0 spiro atoms. The van der Waals surface area contributed by atoms with Gasteiger partial charge in [-0.1, -0.05) is 12.8 Å². The minimum Gasteiger partial charge on any atom is -0.493 e. The van der Waals surface area contributed by atoms with E-state index in [-0.39, 0.29) is 5.69 Å². The molecule has 9 heteroatoms. The largest absolute Gasteiger partial charge is 0.493 e. The average molecular weight is 423 g/mol. The Morgan fingerprint density at radius 3 is 2.48 bits per heavy atom. The van der Waals surface area contributed by atoms with Crippen molar-refractivity contribution in [3.05, 3.63) is 46.5 Å². The van der Waals surface area contributed by atoms with E-state index in [0.717, 1.165) is 31.7 Å². The fourth-order valence-electron chi connectivity index (χ4n) is 3.80. The Hall–Kier alpha value is -3.62. The van der Waals surface area contributed by atoms with Gasteiger partial charge in [0.05, 0.1) is 19.6 Å². The number of anilines is 2. The lowest BCUT2D eigenvalue weighted by Gasteiger charge is -2.22. The number of amides is 1. The molecule has 1 aliphatic heterocycles. The molecule has 2 N–H and O–H groups in total. The number of hydrogen-bond acceptors (Lipinski definition) is 7. The summed E-state index contributed by atoms with van der Waals surface area (Å²) in [6, 6.07) is 6.46. The van der Waals surface area contributed by atoms with E-state index in [1.54, 1.807) is 24.3 Å². The molecule has 9 nitrogen and oxygen atoms in total. The fraction of sp³-hybridized carbons (Fsp3) is 0.364. The summed E-state index contributed by atoms with van der Waals surface area (Å²) in [6.07, 6.45) is 6.04. The van der Waals surface area contributed by atoms with E-state index >= 15 is 0 Å². The summed E-state index contributed by atoms with van der Waals surface area (Å²) in [5.74, 6) is 1.28. The van der Waals surface area contributed by atoms with Gasteiger partial charge in [0.1, 0.15) is 23.5 Å². The number of H-pyrrole nitrogens is 1. The smallest absolute Gasteiger partial charge is 0.273 e. The van der Waals surface area contributed by atoms with Gasteiger partial charge in [-0.25, -0.2) is 9.97 Å². The van der Waals surface area contributed by atoms with E-state index in [1.807, 2.05) is 0 Å². The molecule has 1 aromatic carbocycles. The molecule has 31 heavy (non-hydrogen) atoms. The number of hydrogen-bond donors (Lipinski definition) is 2. The van der Waals surface area contributed by atoms with Gasteiger partial charge in [-0.3, -0.25) is 9.59 Å². The van der Waals surface area contributed by atoms with Crippen molar-refractivity contribution in [1.82, 2.24) is 15.0 Å². The number of methoxy groups -OCH3 is 2. The number of carbonyl (C=O) groups excluding carboxylic acids is 1. The standard InChI is InChI=1S/C22H25N5O4/c1-30-17-8-7-14(11-18(17)31-2)21(28)25-16-12-15-19(26-22(16)29)23-13-24-20(15)27-9-5-3-4-6-10-27/h7-8,11-13H,3-6,9-10H2,1-2H3,(H,25,28)(H,23,24,26,29). The highest BCUT2D eigenvalue weighted by Gasteiger charge is 2.18. The maximum Gasteiger partial charge on any atom is 0.273 e. The summed E-state index contributed by atoms with van der Waals surface area (Å²) < 4.78 is 10.5. The number of pyridine rings is 1. The molecule has 1 aliphatic rings. The summed E-state index contributed by atoms with van der Waals surface area (Å²) in [6.45, 7) is 1.80. The Morgan fingerprint density at radius 2 is 1.77 bits per heavy atom. The number of benzene rings is 1. The Bertz CT molecular complexity index is 1150. The third kappa shape index (κ3) is 4.30. The van der Waals surface area contributed by atoms with Crippen LogP contribution >= 0.6 is 0 Å². The first-order valence-electron chi connectivity index (χ1n) is 10.3. The van der Waals surface area contributed by atoms with Gasteiger partial charge in [-0.15, -0.1) is 0 Å². The maximum absolute atomic E-state index is 12.8. The quantitative estimate of drug-likeness (QED) is 0.649. The van der Waals surface area contributed by atoms with Crippen molar-refractivity contribution in [3.8, 4) is 11.5 Å². The molecule has 1 saturated heterocycles. The zero-order valence-corrected chi connectivity index (χ0v) is 17.6. The summed E-state index contributed by atoms with van der Waals surface area (Å²) >= 11 is 0. The van der Waals surface area contributed by atoms with E-state index in [1.165, 1.54) is 33.4 Å². The second-order valence-corrected chi connectivity index (χ2v) is 7.40. The van der Waals surface area contributed by atoms with Crippen molar-refractivity contribution >= 4 is 28.4 Å². The van der Waals surface area contributed by atoms with Gasteiger partial charge in [0, 0.05) is 18.7 Å². The van der Waals surface area contributed by atoms with Crippen molar-refractivity contribution in [2.24, 2.45) is 0 Å². The number of carbonyl (C=O) groups is 1. The van der Waals surface area contributed by atoms with Gasteiger partial charge < -0.3 is 24.7 Å². The average Bonchev–Trinajstić information content (AvgIpc) is 3.08. The van der Waals surface area contributed by atoms with E-state index in [0.29, 0.717) is 28.1 Å². The first-order valence-corrected chi connectivity index (χ1v) is 10.3. The van der Waals surface area contributed by atoms with Crippen molar-refractivity contribution in [3.63, 3.8) is 0 Å². The molecular weight excluding hydrogens is 398 g/mol. The zero-order valence-electron chi connectivity index (χ0n) is 17.6. The molecule has 0 bridgehead atoms. The van der Waals surface area contributed by atoms with Gasteiger partial charge in [0.15, 0.2) is 11.5 Å². The molecule has 3 aromatic rings. The predicted octanol–water partition coefficient (Wildman–Crippen LogP) is 2.97. The van der Waals surface area contributed by atoms with Crippen molar-refractivity contribution in [2.45, 2.75) is 25.7 Å². The van der Waals surface area contributed by atoms with Crippen LogP contribution in [0.1, 0.15) is 36.0 Å². The third-order valence-corrected chi connectivity index (χ3v) is 5.43. The molecule has 162 valence electrons. The fourth-order valence-corrected chi connectivity index (χ4v) is 3.80. The Balaban J connectivity index is 1.67. The molecule has 0 unspecified atom stereocenters. The second kappa shape index (κ2) is 9.03. The first-order chi connectivity index (χ1) is 15.1. The second-order valence-electron chi connectivity index (χ2n) is 7.40. The third-order valence-electron chi connectivity index (χ3n) is 5.43. The summed E-state index contributed by atoms with van der Waals surface area (Å²) in [4.78, 5) is 39.0. The zero-order chi connectivity index (χ0) is 21.8. The SMILES string of the molecule is COc1ccc(C(=O)Nc2cc3c(N4CCCCCC4)ncnc3[nH]c2=O)cc1OC. The van der Waals surface area contributed by atoms with Crippen LogP contribution in [-0.2, 0) is 0 Å². The van der Waals surface area contributed by atoms with E-state index in [4.69, 9.17) is 9.47 Å². The number of fused-ring (bicyclic) bond motifs is 1. The monoisotopic (exact) mass is 423 g/mol. The molecule has 0 radical (unpaired) electrons. The van der Waals surface area contributed by atoms with Crippen molar-refractivity contribution < 1.29 is 14.3 Å². The lowest BCUT2D eigenvalue weighted by molar-refractivity contribution is 0.102. The molecule has 1 fully saturated rings. The van der Waals surface area contributed by atoms with Crippen molar-refractivity contribution in [1.29, 1.82) is 0 Å². The number of nitrogens with zero attached hydrogens (tertiary/aromatic N) is 3. The molecule has 2 aromatic heterocycles. The van der Waals surface area contributed by atoms with E-state index < -0.39 is 11.5 Å². The van der Waals surface area contributed by atoms with Crippen LogP contribution in [0.15, 0.2) is 35.4 Å². The highest BCUT2D eigenvalue weighted by molar-refractivity contribution is 6.05. The minimum absolute atomic E-state index is 0.137. The van der Waals surface area contributed by atoms with Crippen LogP contribution < -0.4 is 25.2 Å². The molecule has 3 heterocycles. The van der Waals surface area contributed by atoms with Gasteiger partial charge in [0.25, 0.3) is 11.5 Å². The molecule has 1 amide bonds. The Morgan fingerprint density at radius 1 is 1.03 bits per heavy atom. The number of aromatic nitrogens is 3. The number of nitrogens with one attached hydrogen (secondary N) is 2.